The lowest BCUT2D eigenvalue weighted by Gasteiger charge is -2.29. The number of hydrogen-bond acceptors (Lipinski definition) is 4. The Morgan fingerprint density at radius 2 is 1.87 bits per heavy atom. The second kappa shape index (κ2) is 7.62. The van der Waals surface area contributed by atoms with Gasteiger partial charge in [0.1, 0.15) is 0 Å². The molecule has 5 rings (SSSR count). The SMILES string of the molecule is CCOc1cccc(-c2nc3ccc4ccccc4c3c3c2CN(C)CC3)c1OC. The van der Waals surface area contributed by atoms with Crippen LogP contribution in [0.25, 0.3) is 32.9 Å². The van der Waals surface area contributed by atoms with E-state index >= 15 is 0 Å². The number of fused-ring (bicyclic) bond motifs is 5. The number of ether oxygens (including phenoxy) is 2. The predicted molar refractivity (Wildman–Crippen MR) is 122 cm³/mol. The molecule has 0 amide bonds. The minimum absolute atomic E-state index is 0.595. The van der Waals surface area contributed by atoms with Gasteiger partial charge in [-0.25, -0.2) is 4.98 Å². The molecule has 30 heavy (non-hydrogen) atoms. The van der Waals surface area contributed by atoms with E-state index in [-0.39, 0.29) is 0 Å². The van der Waals surface area contributed by atoms with Crippen LogP contribution in [0.1, 0.15) is 18.1 Å². The van der Waals surface area contributed by atoms with Crippen molar-refractivity contribution in [3.63, 3.8) is 0 Å². The summed E-state index contributed by atoms with van der Waals surface area (Å²) in [6.07, 6.45) is 1.01. The number of hydrogen-bond donors (Lipinski definition) is 0. The highest BCUT2D eigenvalue weighted by Gasteiger charge is 2.25. The van der Waals surface area contributed by atoms with Gasteiger partial charge in [-0.05, 0) is 60.5 Å². The van der Waals surface area contributed by atoms with Gasteiger partial charge in [-0.3, -0.25) is 0 Å². The Balaban J connectivity index is 1.85. The zero-order valence-corrected chi connectivity index (χ0v) is 17.7. The molecule has 0 spiro atoms. The fraction of sp³-hybridized carbons (Fsp3) is 0.269. The molecular weight excluding hydrogens is 372 g/mol. The van der Waals surface area contributed by atoms with E-state index in [4.69, 9.17) is 14.5 Å². The van der Waals surface area contributed by atoms with Gasteiger partial charge >= 0.3 is 0 Å². The molecule has 0 N–H and O–H groups in total. The summed E-state index contributed by atoms with van der Waals surface area (Å²) in [5.41, 5.74) is 5.73. The van der Waals surface area contributed by atoms with Crippen LogP contribution in [0.3, 0.4) is 0 Å². The number of rotatable bonds is 4. The number of benzene rings is 3. The zero-order chi connectivity index (χ0) is 20.7. The number of likely N-dealkylation sites (N-methyl/N-ethyl adjacent to an activating group) is 1. The Bertz CT molecular complexity index is 1250. The lowest BCUT2D eigenvalue weighted by Crippen LogP contribution is -2.27. The van der Waals surface area contributed by atoms with E-state index in [9.17, 15) is 0 Å². The molecule has 152 valence electrons. The van der Waals surface area contributed by atoms with Crippen LogP contribution in [0.5, 0.6) is 11.5 Å². The molecule has 1 aliphatic rings. The largest absolute Gasteiger partial charge is 0.492 e. The average Bonchev–Trinajstić information content (AvgIpc) is 2.78. The topological polar surface area (TPSA) is 34.6 Å². The fourth-order valence-electron chi connectivity index (χ4n) is 4.65. The number of pyridine rings is 1. The van der Waals surface area contributed by atoms with Gasteiger partial charge in [-0.1, -0.05) is 36.4 Å². The molecule has 0 bridgehead atoms. The van der Waals surface area contributed by atoms with Crippen LogP contribution in [-0.2, 0) is 13.0 Å². The number of aromatic nitrogens is 1. The summed E-state index contributed by atoms with van der Waals surface area (Å²) in [6, 6.07) is 19.0. The Morgan fingerprint density at radius 1 is 1.00 bits per heavy atom. The van der Waals surface area contributed by atoms with Crippen molar-refractivity contribution >= 4 is 21.7 Å². The standard InChI is InChI=1S/C26H26N2O2/c1-4-30-23-11-7-10-20(26(23)29-3)25-21-16-28(2)15-14-19(21)24-18-9-6-5-8-17(18)12-13-22(24)27-25/h5-13H,4,14-16H2,1-3H3. The normalized spacial score (nSPS) is 14.1. The van der Waals surface area contributed by atoms with E-state index in [0.29, 0.717) is 6.61 Å². The van der Waals surface area contributed by atoms with Crippen LogP contribution in [0.15, 0.2) is 54.6 Å². The van der Waals surface area contributed by atoms with Crippen molar-refractivity contribution in [3.05, 3.63) is 65.7 Å². The molecular formula is C26H26N2O2. The van der Waals surface area contributed by atoms with E-state index in [1.54, 1.807) is 7.11 Å². The van der Waals surface area contributed by atoms with Crippen molar-refractivity contribution in [1.82, 2.24) is 9.88 Å². The Morgan fingerprint density at radius 3 is 2.70 bits per heavy atom. The van der Waals surface area contributed by atoms with Crippen molar-refractivity contribution in [3.8, 4) is 22.8 Å². The highest BCUT2D eigenvalue weighted by molar-refractivity contribution is 6.09. The molecule has 0 atom stereocenters. The number of nitrogens with zero attached hydrogens (tertiary/aromatic N) is 2. The first-order chi connectivity index (χ1) is 14.7. The molecule has 4 heteroatoms. The molecule has 0 saturated heterocycles. The highest BCUT2D eigenvalue weighted by Crippen LogP contribution is 2.42. The summed E-state index contributed by atoms with van der Waals surface area (Å²) >= 11 is 0. The fourth-order valence-corrected chi connectivity index (χ4v) is 4.65. The molecule has 0 aliphatic carbocycles. The third kappa shape index (κ3) is 2.99. The van der Waals surface area contributed by atoms with Crippen LogP contribution in [0, 0.1) is 0 Å². The van der Waals surface area contributed by atoms with Crippen LogP contribution in [-0.4, -0.2) is 37.2 Å². The minimum Gasteiger partial charge on any atom is -0.492 e. The molecule has 0 saturated carbocycles. The maximum absolute atomic E-state index is 5.84. The van der Waals surface area contributed by atoms with Crippen molar-refractivity contribution < 1.29 is 9.47 Å². The second-order valence-electron chi connectivity index (χ2n) is 7.86. The van der Waals surface area contributed by atoms with Gasteiger partial charge in [0.25, 0.3) is 0 Å². The lowest BCUT2D eigenvalue weighted by atomic mass is 9.89. The molecule has 0 radical (unpaired) electrons. The van der Waals surface area contributed by atoms with E-state index in [0.717, 1.165) is 47.8 Å². The Labute approximate surface area is 177 Å². The summed E-state index contributed by atoms with van der Waals surface area (Å²) < 4.78 is 11.6. The first kappa shape index (κ1) is 18.9. The van der Waals surface area contributed by atoms with Crippen LogP contribution < -0.4 is 9.47 Å². The summed E-state index contributed by atoms with van der Waals surface area (Å²) in [7, 11) is 3.88. The van der Waals surface area contributed by atoms with Gasteiger partial charge in [-0.2, -0.15) is 0 Å². The zero-order valence-electron chi connectivity index (χ0n) is 17.7. The monoisotopic (exact) mass is 398 g/mol. The molecule has 4 nitrogen and oxygen atoms in total. The second-order valence-corrected chi connectivity index (χ2v) is 7.86. The van der Waals surface area contributed by atoms with E-state index in [2.05, 4.69) is 54.4 Å². The van der Waals surface area contributed by atoms with Gasteiger partial charge in [0, 0.05) is 24.0 Å². The molecule has 0 fully saturated rings. The summed E-state index contributed by atoms with van der Waals surface area (Å²) in [6.45, 7) is 4.50. The average molecular weight is 399 g/mol. The Kier molecular flexibility index (Phi) is 4.80. The van der Waals surface area contributed by atoms with Crippen LogP contribution >= 0.6 is 0 Å². The maximum atomic E-state index is 5.84. The molecule has 1 aliphatic heterocycles. The van der Waals surface area contributed by atoms with Crippen LogP contribution in [0.4, 0.5) is 0 Å². The summed E-state index contributed by atoms with van der Waals surface area (Å²) in [5.74, 6) is 1.51. The quantitative estimate of drug-likeness (QED) is 0.428. The van der Waals surface area contributed by atoms with Crippen molar-refractivity contribution in [2.75, 3.05) is 27.3 Å². The smallest absolute Gasteiger partial charge is 0.170 e. The van der Waals surface area contributed by atoms with E-state index in [1.807, 2.05) is 19.1 Å². The summed E-state index contributed by atoms with van der Waals surface area (Å²) in [5, 5.41) is 3.83. The van der Waals surface area contributed by atoms with Crippen molar-refractivity contribution in [1.29, 1.82) is 0 Å². The molecule has 0 unspecified atom stereocenters. The summed E-state index contributed by atoms with van der Waals surface area (Å²) in [4.78, 5) is 7.56. The van der Waals surface area contributed by atoms with E-state index in [1.165, 1.54) is 27.3 Å². The van der Waals surface area contributed by atoms with Crippen molar-refractivity contribution in [2.45, 2.75) is 19.9 Å². The van der Waals surface area contributed by atoms with Gasteiger partial charge in [0.2, 0.25) is 0 Å². The van der Waals surface area contributed by atoms with Gasteiger partial charge in [0.15, 0.2) is 11.5 Å². The third-order valence-electron chi connectivity index (χ3n) is 6.00. The predicted octanol–water partition coefficient (Wildman–Crippen LogP) is 5.45. The van der Waals surface area contributed by atoms with Crippen molar-refractivity contribution in [2.24, 2.45) is 0 Å². The van der Waals surface area contributed by atoms with Gasteiger partial charge in [0.05, 0.1) is 24.9 Å². The molecule has 4 aromatic rings. The molecule has 2 heterocycles. The minimum atomic E-state index is 0.595. The maximum Gasteiger partial charge on any atom is 0.170 e. The third-order valence-corrected chi connectivity index (χ3v) is 6.00. The number of methoxy groups -OCH3 is 1. The molecule has 3 aromatic carbocycles. The lowest BCUT2D eigenvalue weighted by molar-refractivity contribution is 0.310. The van der Waals surface area contributed by atoms with Crippen LogP contribution in [0.2, 0.25) is 0 Å². The van der Waals surface area contributed by atoms with Gasteiger partial charge in [-0.15, -0.1) is 0 Å². The number of para-hydroxylation sites is 1. The Hall–Kier alpha value is -3.11. The van der Waals surface area contributed by atoms with E-state index < -0.39 is 0 Å². The molecule has 1 aromatic heterocycles. The van der Waals surface area contributed by atoms with Gasteiger partial charge < -0.3 is 14.4 Å². The first-order valence-corrected chi connectivity index (χ1v) is 10.5. The first-order valence-electron chi connectivity index (χ1n) is 10.5. The highest BCUT2D eigenvalue weighted by atomic mass is 16.5.